The summed E-state index contributed by atoms with van der Waals surface area (Å²) in [5, 5.41) is 3.16. The fourth-order valence-electron chi connectivity index (χ4n) is 2.07. The Morgan fingerprint density at radius 1 is 1.29 bits per heavy atom. The van der Waals surface area contributed by atoms with Crippen LogP contribution in [-0.2, 0) is 11.3 Å². The molecule has 2 aromatic rings. The van der Waals surface area contributed by atoms with Crippen molar-refractivity contribution in [1.29, 1.82) is 0 Å². The molecule has 0 fully saturated rings. The second kappa shape index (κ2) is 7.40. The van der Waals surface area contributed by atoms with E-state index >= 15 is 0 Å². The number of nitrogens with zero attached hydrogens (tertiary/aromatic N) is 1. The molecular weight excluding hydrogens is 266 g/mol. The maximum absolute atomic E-state index is 11.6. The summed E-state index contributed by atoms with van der Waals surface area (Å²) in [4.78, 5) is 15.8. The SMILES string of the molecule is CCOc1ncccc1CN[C@@H](C(N)=O)c1ccccc1. The molecule has 1 aromatic heterocycles. The van der Waals surface area contributed by atoms with E-state index < -0.39 is 11.9 Å². The normalized spacial score (nSPS) is 11.9. The molecule has 0 aliphatic heterocycles. The van der Waals surface area contributed by atoms with Gasteiger partial charge in [0.1, 0.15) is 6.04 Å². The Hall–Kier alpha value is -2.40. The van der Waals surface area contributed by atoms with Crippen LogP contribution in [0.25, 0.3) is 0 Å². The lowest BCUT2D eigenvalue weighted by Gasteiger charge is -2.17. The number of ether oxygens (including phenoxy) is 1. The van der Waals surface area contributed by atoms with Gasteiger partial charge in [0.25, 0.3) is 0 Å². The number of nitrogens with two attached hydrogens (primary N) is 1. The van der Waals surface area contributed by atoms with E-state index in [4.69, 9.17) is 10.5 Å². The van der Waals surface area contributed by atoms with Crippen LogP contribution >= 0.6 is 0 Å². The van der Waals surface area contributed by atoms with Crippen LogP contribution < -0.4 is 15.8 Å². The number of rotatable bonds is 7. The zero-order chi connectivity index (χ0) is 15.1. The number of hydrogen-bond donors (Lipinski definition) is 2. The number of hydrogen-bond acceptors (Lipinski definition) is 4. The van der Waals surface area contributed by atoms with Crippen LogP contribution in [0.1, 0.15) is 24.1 Å². The van der Waals surface area contributed by atoms with Crippen molar-refractivity contribution >= 4 is 5.91 Å². The zero-order valence-electron chi connectivity index (χ0n) is 12.0. The lowest BCUT2D eigenvalue weighted by Crippen LogP contribution is -2.33. The van der Waals surface area contributed by atoms with E-state index in [-0.39, 0.29) is 0 Å². The molecule has 5 nitrogen and oxygen atoms in total. The summed E-state index contributed by atoms with van der Waals surface area (Å²) in [6, 6.07) is 12.6. The standard InChI is InChI=1S/C16H19N3O2/c1-2-21-16-13(9-6-10-18-16)11-19-14(15(17)20)12-7-4-3-5-8-12/h3-10,14,19H,2,11H2,1H3,(H2,17,20)/t14-/m1/s1. The fraction of sp³-hybridized carbons (Fsp3) is 0.250. The Morgan fingerprint density at radius 3 is 2.71 bits per heavy atom. The molecule has 1 atom stereocenters. The van der Waals surface area contributed by atoms with E-state index in [1.807, 2.05) is 49.4 Å². The molecule has 2 rings (SSSR count). The second-order valence-electron chi connectivity index (χ2n) is 4.53. The van der Waals surface area contributed by atoms with Crippen LogP contribution in [0.15, 0.2) is 48.7 Å². The van der Waals surface area contributed by atoms with E-state index in [1.165, 1.54) is 0 Å². The van der Waals surface area contributed by atoms with Crippen LogP contribution in [0.4, 0.5) is 0 Å². The average molecular weight is 285 g/mol. The van der Waals surface area contributed by atoms with Crippen LogP contribution in [0.3, 0.4) is 0 Å². The molecule has 1 aromatic carbocycles. The van der Waals surface area contributed by atoms with Crippen molar-refractivity contribution in [2.24, 2.45) is 5.73 Å². The molecule has 0 spiro atoms. The maximum atomic E-state index is 11.6. The van der Waals surface area contributed by atoms with Gasteiger partial charge in [-0.3, -0.25) is 10.1 Å². The number of amides is 1. The highest BCUT2D eigenvalue weighted by atomic mass is 16.5. The van der Waals surface area contributed by atoms with Crippen LogP contribution in [-0.4, -0.2) is 17.5 Å². The highest BCUT2D eigenvalue weighted by Crippen LogP contribution is 2.17. The summed E-state index contributed by atoms with van der Waals surface area (Å²) < 4.78 is 5.47. The van der Waals surface area contributed by atoms with Gasteiger partial charge in [0.05, 0.1) is 6.61 Å². The lowest BCUT2D eigenvalue weighted by molar-refractivity contribution is -0.120. The predicted octanol–water partition coefficient (Wildman–Crippen LogP) is 1.80. The summed E-state index contributed by atoms with van der Waals surface area (Å²) in [6.07, 6.45) is 1.68. The molecule has 0 saturated carbocycles. The third kappa shape index (κ3) is 4.03. The summed E-state index contributed by atoms with van der Waals surface area (Å²) >= 11 is 0. The van der Waals surface area contributed by atoms with Gasteiger partial charge in [-0.15, -0.1) is 0 Å². The number of carbonyl (C=O) groups is 1. The molecule has 0 unspecified atom stereocenters. The number of primary amides is 1. The predicted molar refractivity (Wildman–Crippen MR) is 80.6 cm³/mol. The van der Waals surface area contributed by atoms with Gasteiger partial charge in [0.2, 0.25) is 11.8 Å². The number of carbonyl (C=O) groups excluding carboxylic acids is 1. The Labute approximate surface area is 124 Å². The van der Waals surface area contributed by atoms with E-state index in [0.29, 0.717) is 19.0 Å². The minimum absolute atomic E-state index is 0.414. The molecule has 110 valence electrons. The van der Waals surface area contributed by atoms with Crippen LogP contribution in [0, 0.1) is 0 Å². The minimum atomic E-state index is -0.541. The van der Waals surface area contributed by atoms with Gasteiger partial charge in [-0.1, -0.05) is 36.4 Å². The first kappa shape index (κ1) is 15.0. The molecule has 1 amide bonds. The van der Waals surface area contributed by atoms with Crippen molar-refractivity contribution in [3.8, 4) is 5.88 Å². The van der Waals surface area contributed by atoms with Crippen LogP contribution in [0.5, 0.6) is 5.88 Å². The third-order valence-electron chi connectivity index (χ3n) is 3.05. The topological polar surface area (TPSA) is 77.2 Å². The molecule has 0 aliphatic carbocycles. The summed E-state index contributed by atoms with van der Waals surface area (Å²) in [5.74, 6) is 0.159. The lowest BCUT2D eigenvalue weighted by atomic mass is 10.1. The highest BCUT2D eigenvalue weighted by molar-refractivity contribution is 5.81. The van der Waals surface area contributed by atoms with Crippen molar-refractivity contribution in [2.75, 3.05) is 6.61 Å². The maximum Gasteiger partial charge on any atom is 0.239 e. The number of aromatic nitrogens is 1. The number of pyridine rings is 1. The van der Waals surface area contributed by atoms with Crippen molar-refractivity contribution in [3.63, 3.8) is 0 Å². The van der Waals surface area contributed by atoms with Gasteiger partial charge in [0, 0.05) is 18.3 Å². The van der Waals surface area contributed by atoms with Gasteiger partial charge < -0.3 is 10.5 Å². The third-order valence-corrected chi connectivity index (χ3v) is 3.05. The summed E-state index contributed by atoms with van der Waals surface area (Å²) in [7, 11) is 0. The van der Waals surface area contributed by atoms with Gasteiger partial charge >= 0.3 is 0 Å². The molecule has 3 N–H and O–H groups in total. The summed E-state index contributed by atoms with van der Waals surface area (Å²) in [5.41, 5.74) is 7.21. The van der Waals surface area contributed by atoms with Gasteiger partial charge in [-0.05, 0) is 18.6 Å². The minimum Gasteiger partial charge on any atom is -0.478 e. The van der Waals surface area contributed by atoms with Crippen molar-refractivity contribution < 1.29 is 9.53 Å². The quantitative estimate of drug-likeness (QED) is 0.813. The van der Waals surface area contributed by atoms with E-state index in [1.54, 1.807) is 6.20 Å². The molecule has 0 bridgehead atoms. The molecule has 0 radical (unpaired) electrons. The van der Waals surface area contributed by atoms with Gasteiger partial charge in [-0.2, -0.15) is 0 Å². The smallest absolute Gasteiger partial charge is 0.239 e. The first-order valence-electron chi connectivity index (χ1n) is 6.86. The molecule has 5 heteroatoms. The van der Waals surface area contributed by atoms with Gasteiger partial charge in [-0.25, -0.2) is 4.98 Å². The van der Waals surface area contributed by atoms with Crippen molar-refractivity contribution in [1.82, 2.24) is 10.3 Å². The second-order valence-corrected chi connectivity index (χ2v) is 4.53. The van der Waals surface area contributed by atoms with Crippen LogP contribution in [0.2, 0.25) is 0 Å². The first-order valence-corrected chi connectivity index (χ1v) is 6.86. The molecule has 21 heavy (non-hydrogen) atoms. The zero-order valence-corrected chi connectivity index (χ0v) is 12.0. The van der Waals surface area contributed by atoms with Gasteiger partial charge in [0.15, 0.2) is 0 Å². The molecular formula is C16H19N3O2. The van der Waals surface area contributed by atoms with E-state index in [2.05, 4.69) is 10.3 Å². The molecule has 1 heterocycles. The van der Waals surface area contributed by atoms with Crippen molar-refractivity contribution in [2.45, 2.75) is 19.5 Å². The first-order chi connectivity index (χ1) is 10.2. The monoisotopic (exact) mass is 285 g/mol. The average Bonchev–Trinajstić information content (AvgIpc) is 2.50. The van der Waals surface area contributed by atoms with Crippen molar-refractivity contribution in [3.05, 3.63) is 59.8 Å². The Bertz CT molecular complexity index is 587. The highest BCUT2D eigenvalue weighted by Gasteiger charge is 2.17. The number of nitrogens with one attached hydrogen (secondary N) is 1. The fourth-order valence-corrected chi connectivity index (χ4v) is 2.07. The van der Waals surface area contributed by atoms with E-state index in [0.717, 1.165) is 11.1 Å². The molecule has 0 aliphatic rings. The van der Waals surface area contributed by atoms with E-state index in [9.17, 15) is 4.79 Å². The largest absolute Gasteiger partial charge is 0.478 e. The number of benzene rings is 1. The molecule has 0 saturated heterocycles. The Kier molecular flexibility index (Phi) is 5.29. The Morgan fingerprint density at radius 2 is 2.05 bits per heavy atom. The Balaban J connectivity index is 2.11. The summed E-state index contributed by atoms with van der Waals surface area (Å²) in [6.45, 7) is 2.90.